The smallest absolute Gasteiger partial charge is 0.146 e. The molecule has 0 radical (unpaired) electrons. The molecule has 0 aliphatic heterocycles. The predicted molar refractivity (Wildman–Crippen MR) is 75.7 cm³/mol. The van der Waals surface area contributed by atoms with Crippen LogP contribution in [0.3, 0.4) is 0 Å². The van der Waals surface area contributed by atoms with Crippen LogP contribution in [0.5, 0.6) is 11.5 Å². The Kier molecular flexibility index (Phi) is 4.33. The molecule has 0 fully saturated rings. The second kappa shape index (κ2) is 5.98. The van der Waals surface area contributed by atoms with E-state index in [1.807, 2.05) is 30.3 Å². The lowest BCUT2D eigenvalue weighted by Gasteiger charge is -2.10. The molecule has 0 unspecified atom stereocenters. The molecule has 2 rings (SSSR count). The van der Waals surface area contributed by atoms with Crippen LogP contribution in [0.1, 0.15) is 24.9 Å². The van der Waals surface area contributed by atoms with Crippen molar-refractivity contribution in [2.75, 3.05) is 0 Å². The van der Waals surface area contributed by atoms with Crippen LogP contribution in [0.15, 0.2) is 47.2 Å². The Labute approximate surface area is 115 Å². The van der Waals surface area contributed by atoms with Crippen molar-refractivity contribution in [3.05, 3.63) is 52.8 Å². The minimum absolute atomic E-state index is 0.0894. The monoisotopic (exact) mass is 306 g/mol. The predicted octanol–water partition coefficient (Wildman–Crippen LogP) is 4.05. The number of halogens is 1. The summed E-state index contributed by atoms with van der Waals surface area (Å²) in [5, 5.41) is 0. The molecule has 0 spiro atoms. The van der Waals surface area contributed by atoms with Crippen molar-refractivity contribution in [2.24, 2.45) is 5.73 Å². The Bertz CT molecular complexity index is 513. The zero-order valence-corrected chi connectivity index (χ0v) is 11.7. The lowest BCUT2D eigenvalue weighted by Crippen LogP contribution is -2.07. The molecule has 2 N–H and O–H groups in total. The summed E-state index contributed by atoms with van der Waals surface area (Å²) in [5.41, 5.74) is 7.08. The van der Waals surface area contributed by atoms with E-state index < -0.39 is 0 Å². The van der Waals surface area contributed by atoms with Gasteiger partial charge < -0.3 is 10.5 Å². The van der Waals surface area contributed by atoms with Crippen LogP contribution < -0.4 is 10.5 Å². The van der Waals surface area contributed by atoms with E-state index in [1.165, 1.54) is 0 Å². The van der Waals surface area contributed by atoms with Crippen molar-refractivity contribution < 1.29 is 4.74 Å². The van der Waals surface area contributed by atoms with Gasteiger partial charge in [0, 0.05) is 16.7 Å². The molecule has 0 aliphatic rings. The third-order valence-electron chi connectivity index (χ3n) is 2.66. The second-order valence-electron chi connectivity index (χ2n) is 4.02. The summed E-state index contributed by atoms with van der Waals surface area (Å²) < 4.78 is 6.59. The highest BCUT2D eigenvalue weighted by Gasteiger charge is 2.04. The van der Waals surface area contributed by atoms with Crippen LogP contribution in [0.4, 0.5) is 0 Å². The molecule has 4 heteroatoms. The molecular formula is C14H15BrN2O. The van der Waals surface area contributed by atoms with Crippen LogP contribution in [0.2, 0.25) is 0 Å². The average molecular weight is 307 g/mol. The molecule has 3 nitrogen and oxygen atoms in total. The molecule has 1 aromatic carbocycles. The highest BCUT2D eigenvalue weighted by atomic mass is 79.9. The molecule has 1 atom stereocenters. The van der Waals surface area contributed by atoms with E-state index >= 15 is 0 Å². The molecule has 1 aromatic heterocycles. The van der Waals surface area contributed by atoms with Gasteiger partial charge in [-0.25, -0.2) is 0 Å². The molecular weight excluding hydrogens is 292 g/mol. The fourth-order valence-electron chi connectivity index (χ4n) is 1.60. The molecule has 0 saturated carbocycles. The first-order chi connectivity index (χ1) is 8.69. The third kappa shape index (κ3) is 3.31. The van der Waals surface area contributed by atoms with Crippen molar-refractivity contribution in [3.63, 3.8) is 0 Å². The van der Waals surface area contributed by atoms with Gasteiger partial charge in [-0.1, -0.05) is 19.1 Å². The van der Waals surface area contributed by atoms with Crippen LogP contribution in [0, 0.1) is 0 Å². The van der Waals surface area contributed by atoms with Crippen molar-refractivity contribution >= 4 is 15.9 Å². The quantitative estimate of drug-likeness (QED) is 0.927. The molecule has 1 heterocycles. The Morgan fingerprint density at radius 1 is 1.22 bits per heavy atom. The molecule has 0 bridgehead atoms. The number of ether oxygens (including phenoxy) is 1. The molecule has 0 saturated heterocycles. The summed E-state index contributed by atoms with van der Waals surface area (Å²) in [4.78, 5) is 4.05. The summed E-state index contributed by atoms with van der Waals surface area (Å²) in [6, 6.07) is 9.80. The summed E-state index contributed by atoms with van der Waals surface area (Å²) in [6.45, 7) is 2.07. The van der Waals surface area contributed by atoms with Gasteiger partial charge in [-0.15, -0.1) is 0 Å². The minimum atomic E-state index is 0.0894. The maximum atomic E-state index is 5.96. The number of aromatic nitrogens is 1. The average Bonchev–Trinajstić information content (AvgIpc) is 2.39. The molecule has 18 heavy (non-hydrogen) atoms. The van der Waals surface area contributed by atoms with Gasteiger partial charge >= 0.3 is 0 Å². The van der Waals surface area contributed by atoms with Gasteiger partial charge in [-0.2, -0.15) is 0 Å². The molecule has 94 valence electrons. The van der Waals surface area contributed by atoms with Crippen molar-refractivity contribution in [2.45, 2.75) is 19.4 Å². The first-order valence-corrected chi connectivity index (χ1v) is 6.62. The van der Waals surface area contributed by atoms with Gasteiger partial charge in [0.15, 0.2) is 0 Å². The number of hydrogen-bond donors (Lipinski definition) is 1. The van der Waals surface area contributed by atoms with Gasteiger partial charge in [0.25, 0.3) is 0 Å². The van der Waals surface area contributed by atoms with Crippen molar-refractivity contribution in [1.29, 1.82) is 0 Å². The van der Waals surface area contributed by atoms with Gasteiger partial charge in [0.05, 0.1) is 6.20 Å². The highest BCUT2D eigenvalue weighted by molar-refractivity contribution is 9.10. The zero-order chi connectivity index (χ0) is 13.0. The largest absolute Gasteiger partial charge is 0.456 e. The van der Waals surface area contributed by atoms with Crippen LogP contribution in [-0.2, 0) is 0 Å². The number of hydrogen-bond acceptors (Lipinski definition) is 3. The lowest BCUT2D eigenvalue weighted by molar-refractivity contribution is 0.479. The zero-order valence-electron chi connectivity index (χ0n) is 10.1. The van der Waals surface area contributed by atoms with Gasteiger partial charge in [-0.3, -0.25) is 4.98 Å². The van der Waals surface area contributed by atoms with Gasteiger partial charge in [0.1, 0.15) is 11.5 Å². The van der Waals surface area contributed by atoms with E-state index in [0.717, 1.165) is 22.2 Å². The van der Waals surface area contributed by atoms with E-state index in [9.17, 15) is 0 Å². The molecule has 0 aliphatic carbocycles. The van der Waals surface area contributed by atoms with Gasteiger partial charge in [-0.05, 0) is 46.1 Å². The number of rotatable bonds is 4. The molecule has 2 aromatic rings. The number of nitrogens with zero attached hydrogens (tertiary/aromatic N) is 1. The lowest BCUT2D eigenvalue weighted by atomic mass is 10.1. The van der Waals surface area contributed by atoms with Crippen LogP contribution in [0.25, 0.3) is 0 Å². The van der Waals surface area contributed by atoms with Crippen LogP contribution >= 0.6 is 15.9 Å². The number of pyridine rings is 1. The molecule has 0 amide bonds. The first kappa shape index (κ1) is 13.1. The van der Waals surface area contributed by atoms with Crippen LogP contribution in [-0.4, -0.2) is 4.98 Å². The highest BCUT2D eigenvalue weighted by Crippen LogP contribution is 2.24. The first-order valence-electron chi connectivity index (χ1n) is 5.83. The normalized spacial score (nSPS) is 12.2. The van der Waals surface area contributed by atoms with E-state index in [0.29, 0.717) is 5.75 Å². The van der Waals surface area contributed by atoms with Gasteiger partial charge in [0.2, 0.25) is 0 Å². The van der Waals surface area contributed by atoms with Crippen molar-refractivity contribution in [1.82, 2.24) is 4.98 Å². The Hall–Kier alpha value is -1.39. The van der Waals surface area contributed by atoms with E-state index in [-0.39, 0.29) is 6.04 Å². The summed E-state index contributed by atoms with van der Waals surface area (Å²) in [6.07, 6.45) is 4.32. The Morgan fingerprint density at radius 2 is 1.94 bits per heavy atom. The Balaban J connectivity index is 2.11. The van der Waals surface area contributed by atoms with E-state index in [2.05, 4.69) is 27.8 Å². The summed E-state index contributed by atoms with van der Waals surface area (Å²) in [7, 11) is 0. The van der Waals surface area contributed by atoms with Crippen molar-refractivity contribution in [3.8, 4) is 11.5 Å². The van der Waals surface area contributed by atoms with E-state index in [4.69, 9.17) is 10.5 Å². The topological polar surface area (TPSA) is 48.1 Å². The summed E-state index contributed by atoms with van der Waals surface area (Å²) in [5.74, 6) is 1.49. The fraction of sp³-hybridized carbons (Fsp3) is 0.214. The SMILES string of the molecule is CC[C@H](N)c1ccc(Oc2cncc(Br)c2)cc1. The fourth-order valence-corrected chi connectivity index (χ4v) is 1.95. The maximum absolute atomic E-state index is 5.96. The summed E-state index contributed by atoms with van der Waals surface area (Å²) >= 11 is 3.36. The number of benzene rings is 1. The number of nitrogens with two attached hydrogens (primary N) is 1. The standard InChI is InChI=1S/C14H15BrN2O/c1-2-14(16)10-3-5-12(6-4-10)18-13-7-11(15)8-17-9-13/h3-9,14H,2,16H2,1H3/t14-/m0/s1. The third-order valence-corrected chi connectivity index (χ3v) is 3.10. The minimum Gasteiger partial charge on any atom is -0.456 e. The van der Waals surface area contributed by atoms with E-state index in [1.54, 1.807) is 12.4 Å². The second-order valence-corrected chi connectivity index (χ2v) is 4.94. The maximum Gasteiger partial charge on any atom is 0.146 e. The Morgan fingerprint density at radius 3 is 2.56 bits per heavy atom.